The molecule has 0 aliphatic rings. The van der Waals surface area contributed by atoms with Crippen LogP contribution in [-0.4, -0.2) is 26.2 Å². The zero-order valence-electron chi connectivity index (χ0n) is 14.2. The summed E-state index contributed by atoms with van der Waals surface area (Å²) in [5.74, 6) is 1.66. The average molecular weight is 381 g/mol. The van der Waals surface area contributed by atoms with E-state index in [1.807, 2.05) is 47.8 Å². The summed E-state index contributed by atoms with van der Waals surface area (Å²) < 4.78 is 10.4. The number of carbonyl (C=O) groups is 1. The maximum absolute atomic E-state index is 12.0. The van der Waals surface area contributed by atoms with E-state index in [1.165, 1.54) is 11.3 Å². The fourth-order valence-electron chi connectivity index (χ4n) is 2.37. The van der Waals surface area contributed by atoms with Gasteiger partial charge in [0.25, 0.3) is 5.89 Å². The molecule has 8 nitrogen and oxygen atoms in total. The van der Waals surface area contributed by atoms with Crippen LogP contribution in [0.5, 0.6) is 0 Å². The number of benzene rings is 1. The lowest BCUT2D eigenvalue weighted by Crippen LogP contribution is -2.23. The Hall–Kier alpha value is -3.33. The van der Waals surface area contributed by atoms with E-state index in [2.05, 4.69) is 25.6 Å². The molecule has 4 rings (SSSR count). The molecule has 0 fully saturated rings. The molecule has 1 N–H and O–H groups in total. The number of hydrogen-bond acceptors (Lipinski definition) is 8. The first-order valence-corrected chi connectivity index (χ1v) is 9.17. The molecular weight excluding hydrogens is 366 g/mol. The molecule has 0 aliphatic carbocycles. The first kappa shape index (κ1) is 17.1. The molecule has 3 heterocycles. The Labute approximate surface area is 158 Å². The van der Waals surface area contributed by atoms with E-state index in [9.17, 15) is 4.79 Å². The zero-order valence-corrected chi connectivity index (χ0v) is 15.0. The van der Waals surface area contributed by atoms with Crippen molar-refractivity contribution in [3.63, 3.8) is 0 Å². The molecule has 27 heavy (non-hydrogen) atoms. The number of aryl methyl sites for hydroxylation is 1. The van der Waals surface area contributed by atoms with Crippen molar-refractivity contribution in [1.82, 2.24) is 25.6 Å². The molecule has 4 aromatic rings. The Kier molecular flexibility index (Phi) is 5.01. The van der Waals surface area contributed by atoms with Gasteiger partial charge in [0.2, 0.25) is 17.6 Å². The SMILES string of the molecule is O=C(CCc1nc(-c2ccccc2)no1)NCc1noc(-c2cccs2)n1. The van der Waals surface area contributed by atoms with Gasteiger partial charge in [0, 0.05) is 18.4 Å². The van der Waals surface area contributed by atoms with Crippen LogP contribution in [0.2, 0.25) is 0 Å². The number of aromatic nitrogens is 4. The smallest absolute Gasteiger partial charge is 0.268 e. The molecule has 0 radical (unpaired) electrons. The van der Waals surface area contributed by atoms with Gasteiger partial charge in [-0.05, 0) is 11.4 Å². The van der Waals surface area contributed by atoms with Crippen LogP contribution in [0.4, 0.5) is 0 Å². The van der Waals surface area contributed by atoms with Crippen molar-refractivity contribution in [2.24, 2.45) is 0 Å². The van der Waals surface area contributed by atoms with Crippen LogP contribution >= 0.6 is 11.3 Å². The number of hydrogen-bond donors (Lipinski definition) is 1. The van der Waals surface area contributed by atoms with Crippen LogP contribution in [0.15, 0.2) is 56.9 Å². The molecule has 1 amide bonds. The van der Waals surface area contributed by atoms with E-state index in [0.717, 1.165) is 10.4 Å². The second-order valence-corrected chi connectivity index (χ2v) is 6.60. The minimum absolute atomic E-state index is 0.156. The molecule has 0 atom stereocenters. The van der Waals surface area contributed by atoms with E-state index in [0.29, 0.717) is 29.9 Å². The van der Waals surface area contributed by atoms with Gasteiger partial charge in [-0.25, -0.2) is 0 Å². The molecule has 0 bridgehead atoms. The molecule has 136 valence electrons. The molecule has 0 spiro atoms. The van der Waals surface area contributed by atoms with Crippen LogP contribution in [0.3, 0.4) is 0 Å². The van der Waals surface area contributed by atoms with Crippen LogP contribution in [-0.2, 0) is 17.8 Å². The summed E-state index contributed by atoms with van der Waals surface area (Å²) in [5.41, 5.74) is 0.871. The highest BCUT2D eigenvalue weighted by Crippen LogP contribution is 2.22. The van der Waals surface area contributed by atoms with Crippen molar-refractivity contribution in [2.45, 2.75) is 19.4 Å². The largest absolute Gasteiger partial charge is 0.349 e. The second kappa shape index (κ2) is 7.92. The van der Waals surface area contributed by atoms with E-state index >= 15 is 0 Å². The molecule has 0 unspecified atom stereocenters. The van der Waals surface area contributed by atoms with Gasteiger partial charge in [-0.2, -0.15) is 9.97 Å². The Morgan fingerprint density at radius 3 is 2.74 bits per heavy atom. The monoisotopic (exact) mass is 381 g/mol. The summed E-state index contributed by atoms with van der Waals surface area (Å²) >= 11 is 1.51. The molecule has 0 saturated carbocycles. The van der Waals surface area contributed by atoms with Crippen LogP contribution in [0, 0.1) is 0 Å². The number of rotatable bonds is 7. The highest BCUT2D eigenvalue weighted by molar-refractivity contribution is 7.13. The van der Waals surface area contributed by atoms with Gasteiger partial charge in [-0.1, -0.05) is 46.7 Å². The molecule has 0 aliphatic heterocycles. The topological polar surface area (TPSA) is 107 Å². The van der Waals surface area contributed by atoms with Crippen LogP contribution in [0.1, 0.15) is 18.1 Å². The van der Waals surface area contributed by atoms with Crippen molar-refractivity contribution in [1.29, 1.82) is 0 Å². The molecule has 1 aromatic carbocycles. The Balaban J connectivity index is 1.26. The fraction of sp³-hybridized carbons (Fsp3) is 0.167. The lowest BCUT2D eigenvalue weighted by atomic mass is 10.2. The maximum Gasteiger partial charge on any atom is 0.268 e. The predicted molar refractivity (Wildman–Crippen MR) is 97.5 cm³/mol. The van der Waals surface area contributed by atoms with Gasteiger partial charge in [0.15, 0.2) is 5.82 Å². The summed E-state index contributed by atoms with van der Waals surface area (Å²) in [6.07, 6.45) is 0.588. The van der Waals surface area contributed by atoms with Crippen molar-refractivity contribution in [2.75, 3.05) is 0 Å². The summed E-state index contributed by atoms with van der Waals surface area (Å²) in [5, 5.41) is 12.5. The van der Waals surface area contributed by atoms with E-state index < -0.39 is 0 Å². The quantitative estimate of drug-likeness (QED) is 0.524. The van der Waals surface area contributed by atoms with Gasteiger partial charge >= 0.3 is 0 Å². The fourth-order valence-corrected chi connectivity index (χ4v) is 3.02. The predicted octanol–water partition coefficient (Wildman–Crippen LogP) is 3.10. The number of nitrogens with one attached hydrogen (secondary N) is 1. The number of nitrogens with zero attached hydrogens (tertiary/aromatic N) is 4. The third-order valence-electron chi connectivity index (χ3n) is 3.71. The number of amides is 1. The lowest BCUT2D eigenvalue weighted by Gasteiger charge is -1.99. The van der Waals surface area contributed by atoms with E-state index in [-0.39, 0.29) is 18.9 Å². The Morgan fingerprint density at radius 1 is 1.04 bits per heavy atom. The second-order valence-electron chi connectivity index (χ2n) is 5.65. The first-order valence-electron chi connectivity index (χ1n) is 8.29. The van der Waals surface area contributed by atoms with Gasteiger partial charge < -0.3 is 14.4 Å². The van der Waals surface area contributed by atoms with Crippen molar-refractivity contribution in [3.05, 3.63) is 59.6 Å². The number of thiophene rings is 1. The molecule has 0 saturated heterocycles. The van der Waals surface area contributed by atoms with Gasteiger partial charge in [0.05, 0.1) is 11.4 Å². The Bertz CT molecular complexity index is 1010. The summed E-state index contributed by atoms with van der Waals surface area (Å²) in [6, 6.07) is 13.3. The minimum Gasteiger partial charge on any atom is -0.349 e. The number of carbonyl (C=O) groups excluding carboxylic acids is 1. The highest BCUT2D eigenvalue weighted by Gasteiger charge is 2.13. The van der Waals surface area contributed by atoms with Crippen molar-refractivity contribution in [3.8, 4) is 22.2 Å². The molecular formula is C18H15N5O3S. The lowest BCUT2D eigenvalue weighted by molar-refractivity contribution is -0.121. The highest BCUT2D eigenvalue weighted by atomic mass is 32.1. The van der Waals surface area contributed by atoms with Crippen LogP contribution in [0.25, 0.3) is 22.2 Å². The maximum atomic E-state index is 12.0. The molecule has 9 heteroatoms. The zero-order chi connectivity index (χ0) is 18.5. The average Bonchev–Trinajstić information content (AvgIpc) is 3.47. The molecule has 3 aromatic heterocycles. The summed E-state index contributed by atoms with van der Waals surface area (Å²) in [6.45, 7) is 0.201. The van der Waals surface area contributed by atoms with Crippen LogP contribution < -0.4 is 5.32 Å². The van der Waals surface area contributed by atoms with Crippen molar-refractivity contribution < 1.29 is 13.8 Å². The van der Waals surface area contributed by atoms with Gasteiger partial charge in [-0.3, -0.25) is 4.79 Å². The summed E-state index contributed by atoms with van der Waals surface area (Å²) in [4.78, 5) is 21.5. The van der Waals surface area contributed by atoms with Crippen molar-refractivity contribution >= 4 is 17.2 Å². The van der Waals surface area contributed by atoms with Gasteiger partial charge in [0.1, 0.15) is 0 Å². The van der Waals surface area contributed by atoms with Gasteiger partial charge in [-0.15, -0.1) is 11.3 Å². The Morgan fingerprint density at radius 2 is 1.93 bits per heavy atom. The van der Waals surface area contributed by atoms with E-state index in [1.54, 1.807) is 0 Å². The normalized spacial score (nSPS) is 10.8. The first-order chi connectivity index (χ1) is 13.3. The standard InChI is InChI=1S/C18H15N5O3S/c24-15(19-11-14-20-18(26-22-14)13-7-4-10-27-13)8-9-16-21-17(23-25-16)12-5-2-1-3-6-12/h1-7,10H,8-9,11H2,(H,19,24). The third kappa shape index (κ3) is 4.26. The minimum atomic E-state index is -0.156. The summed E-state index contributed by atoms with van der Waals surface area (Å²) in [7, 11) is 0. The third-order valence-corrected chi connectivity index (χ3v) is 4.57. The van der Waals surface area contributed by atoms with E-state index in [4.69, 9.17) is 9.05 Å².